The normalized spacial score (nSPS) is 30.8. The highest BCUT2D eigenvalue weighted by molar-refractivity contribution is 4.87. The van der Waals surface area contributed by atoms with Crippen molar-refractivity contribution in [1.82, 2.24) is 4.90 Å². The van der Waals surface area contributed by atoms with Crippen molar-refractivity contribution >= 4 is 0 Å². The number of rotatable bonds is 4. The van der Waals surface area contributed by atoms with Gasteiger partial charge in [-0.2, -0.15) is 0 Å². The molecule has 0 bridgehead atoms. The molecule has 2 aliphatic rings. The highest BCUT2D eigenvalue weighted by atomic mass is 16.3. The molecule has 1 saturated carbocycles. The van der Waals surface area contributed by atoms with Gasteiger partial charge in [0.2, 0.25) is 0 Å². The van der Waals surface area contributed by atoms with E-state index in [9.17, 15) is 5.11 Å². The van der Waals surface area contributed by atoms with Crippen molar-refractivity contribution < 1.29 is 5.11 Å². The minimum Gasteiger partial charge on any atom is -0.390 e. The standard InChI is InChI=1S/C13H26N2O/c14-9-12(16)10-15-8-4-7-13(15)11-5-2-1-3-6-11/h11-13,16H,1-10,14H2. The van der Waals surface area contributed by atoms with Crippen molar-refractivity contribution in [3.63, 3.8) is 0 Å². The zero-order valence-corrected chi connectivity index (χ0v) is 10.3. The van der Waals surface area contributed by atoms with Crippen molar-refractivity contribution in [2.24, 2.45) is 11.7 Å². The van der Waals surface area contributed by atoms with Gasteiger partial charge in [-0.15, -0.1) is 0 Å². The zero-order valence-electron chi connectivity index (χ0n) is 10.3. The van der Waals surface area contributed by atoms with Crippen LogP contribution in [0.5, 0.6) is 0 Å². The molecule has 0 radical (unpaired) electrons. The van der Waals surface area contributed by atoms with Crippen LogP contribution in [0.25, 0.3) is 0 Å². The molecule has 3 nitrogen and oxygen atoms in total. The number of hydrogen-bond donors (Lipinski definition) is 2. The van der Waals surface area contributed by atoms with Gasteiger partial charge in [0.25, 0.3) is 0 Å². The molecule has 2 atom stereocenters. The van der Waals surface area contributed by atoms with Crippen molar-refractivity contribution in [2.75, 3.05) is 19.6 Å². The Morgan fingerprint density at radius 2 is 1.88 bits per heavy atom. The van der Waals surface area contributed by atoms with E-state index in [0.29, 0.717) is 6.54 Å². The van der Waals surface area contributed by atoms with Crippen LogP contribution in [0.1, 0.15) is 44.9 Å². The van der Waals surface area contributed by atoms with E-state index in [-0.39, 0.29) is 6.10 Å². The molecule has 0 spiro atoms. The average Bonchev–Trinajstić information content (AvgIpc) is 2.78. The summed E-state index contributed by atoms with van der Waals surface area (Å²) in [6.45, 7) is 2.35. The van der Waals surface area contributed by atoms with Gasteiger partial charge in [0.05, 0.1) is 6.10 Å². The van der Waals surface area contributed by atoms with Gasteiger partial charge in [-0.3, -0.25) is 4.90 Å². The Bertz CT molecular complexity index is 204. The third-order valence-corrected chi connectivity index (χ3v) is 4.33. The molecule has 0 aromatic carbocycles. The van der Waals surface area contributed by atoms with Crippen LogP contribution in [0.2, 0.25) is 0 Å². The summed E-state index contributed by atoms with van der Waals surface area (Å²) in [6, 6.07) is 0.737. The van der Waals surface area contributed by atoms with Gasteiger partial charge in [0.1, 0.15) is 0 Å². The lowest BCUT2D eigenvalue weighted by Crippen LogP contribution is -2.42. The molecule has 1 aliphatic heterocycles. The molecule has 0 aromatic heterocycles. The molecule has 94 valence electrons. The maximum Gasteiger partial charge on any atom is 0.0789 e. The predicted octanol–water partition coefficient (Wildman–Crippen LogP) is 1.35. The molecular weight excluding hydrogens is 200 g/mol. The fourth-order valence-electron chi connectivity index (χ4n) is 3.48. The first-order chi connectivity index (χ1) is 7.81. The summed E-state index contributed by atoms with van der Waals surface area (Å²) in [5.41, 5.74) is 5.50. The van der Waals surface area contributed by atoms with Crippen LogP contribution in [0, 0.1) is 5.92 Å². The Labute approximate surface area is 99.0 Å². The van der Waals surface area contributed by atoms with E-state index in [1.807, 2.05) is 0 Å². The molecule has 2 unspecified atom stereocenters. The fraction of sp³-hybridized carbons (Fsp3) is 1.00. The predicted molar refractivity (Wildman–Crippen MR) is 66.2 cm³/mol. The van der Waals surface area contributed by atoms with Crippen molar-refractivity contribution in [3.8, 4) is 0 Å². The molecule has 3 N–H and O–H groups in total. The zero-order chi connectivity index (χ0) is 11.4. The molecule has 1 aliphatic carbocycles. The molecule has 2 rings (SSSR count). The van der Waals surface area contributed by atoms with Crippen LogP contribution >= 0.6 is 0 Å². The van der Waals surface area contributed by atoms with Gasteiger partial charge >= 0.3 is 0 Å². The Kier molecular flexibility index (Phi) is 4.62. The van der Waals surface area contributed by atoms with E-state index in [1.54, 1.807) is 0 Å². The van der Waals surface area contributed by atoms with Crippen LogP contribution < -0.4 is 5.73 Å². The molecule has 1 saturated heterocycles. The first kappa shape index (κ1) is 12.3. The first-order valence-electron chi connectivity index (χ1n) is 6.93. The summed E-state index contributed by atoms with van der Waals surface area (Å²) in [7, 11) is 0. The third kappa shape index (κ3) is 2.96. The number of aliphatic hydroxyl groups excluding tert-OH is 1. The lowest BCUT2D eigenvalue weighted by Gasteiger charge is -2.34. The summed E-state index contributed by atoms with van der Waals surface area (Å²) in [6.07, 6.45) is 9.36. The summed E-state index contributed by atoms with van der Waals surface area (Å²) in [4.78, 5) is 2.49. The molecule has 16 heavy (non-hydrogen) atoms. The second-order valence-corrected chi connectivity index (χ2v) is 5.49. The average molecular weight is 226 g/mol. The van der Waals surface area contributed by atoms with Gasteiger partial charge in [0, 0.05) is 19.1 Å². The molecule has 3 heteroatoms. The SMILES string of the molecule is NCC(O)CN1CCCC1C1CCCCC1. The monoisotopic (exact) mass is 226 g/mol. The fourth-order valence-corrected chi connectivity index (χ4v) is 3.48. The molecule has 1 heterocycles. The summed E-state index contributed by atoms with van der Waals surface area (Å²) in [5, 5.41) is 9.67. The van der Waals surface area contributed by atoms with E-state index in [2.05, 4.69) is 4.90 Å². The first-order valence-corrected chi connectivity index (χ1v) is 6.93. The van der Waals surface area contributed by atoms with E-state index < -0.39 is 0 Å². The van der Waals surface area contributed by atoms with E-state index in [1.165, 1.54) is 44.9 Å². The minimum atomic E-state index is -0.329. The molecule has 0 amide bonds. The van der Waals surface area contributed by atoms with Gasteiger partial charge < -0.3 is 10.8 Å². The highest BCUT2D eigenvalue weighted by Crippen LogP contribution is 2.34. The number of likely N-dealkylation sites (tertiary alicyclic amines) is 1. The van der Waals surface area contributed by atoms with Crippen molar-refractivity contribution in [1.29, 1.82) is 0 Å². The largest absolute Gasteiger partial charge is 0.390 e. The number of nitrogens with two attached hydrogens (primary N) is 1. The molecule has 0 aromatic rings. The Balaban J connectivity index is 1.86. The topological polar surface area (TPSA) is 49.5 Å². The van der Waals surface area contributed by atoms with E-state index in [0.717, 1.165) is 25.0 Å². The Morgan fingerprint density at radius 1 is 1.12 bits per heavy atom. The second kappa shape index (κ2) is 5.99. The number of nitrogens with zero attached hydrogens (tertiary/aromatic N) is 1. The Hall–Kier alpha value is -0.120. The van der Waals surface area contributed by atoms with Gasteiger partial charge in [-0.1, -0.05) is 19.3 Å². The van der Waals surface area contributed by atoms with Crippen LogP contribution in [-0.2, 0) is 0 Å². The van der Waals surface area contributed by atoms with Crippen LogP contribution in [0.15, 0.2) is 0 Å². The maximum absolute atomic E-state index is 9.67. The van der Waals surface area contributed by atoms with Gasteiger partial charge in [0.15, 0.2) is 0 Å². The van der Waals surface area contributed by atoms with Crippen molar-refractivity contribution in [2.45, 2.75) is 57.1 Å². The van der Waals surface area contributed by atoms with Gasteiger partial charge in [-0.25, -0.2) is 0 Å². The lowest BCUT2D eigenvalue weighted by molar-refractivity contribution is 0.0846. The summed E-state index contributed by atoms with van der Waals surface area (Å²) < 4.78 is 0. The van der Waals surface area contributed by atoms with Gasteiger partial charge in [-0.05, 0) is 38.1 Å². The van der Waals surface area contributed by atoms with Crippen LogP contribution in [-0.4, -0.2) is 41.8 Å². The summed E-state index contributed by atoms with van der Waals surface area (Å²) >= 11 is 0. The second-order valence-electron chi connectivity index (χ2n) is 5.49. The highest BCUT2D eigenvalue weighted by Gasteiger charge is 2.32. The Morgan fingerprint density at radius 3 is 2.56 bits per heavy atom. The number of hydrogen-bond acceptors (Lipinski definition) is 3. The number of β-amino-alcohol motifs (C(OH)–C–C–N with tert-alkyl or cyclic N) is 1. The minimum absolute atomic E-state index is 0.329. The van der Waals surface area contributed by atoms with E-state index >= 15 is 0 Å². The quantitative estimate of drug-likeness (QED) is 0.761. The maximum atomic E-state index is 9.67. The molecule has 2 fully saturated rings. The summed E-state index contributed by atoms with van der Waals surface area (Å²) in [5.74, 6) is 0.890. The molecular formula is C13H26N2O. The van der Waals surface area contributed by atoms with E-state index in [4.69, 9.17) is 5.73 Å². The lowest BCUT2D eigenvalue weighted by atomic mass is 9.83. The van der Waals surface area contributed by atoms with Crippen LogP contribution in [0.4, 0.5) is 0 Å². The number of aliphatic hydroxyl groups is 1. The third-order valence-electron chi connectivity index (χ3n) is 4.33. The van der Waals surface area contributed by atoms with Crippen LogP contribution in [0.3, 0.4) is 0 Å². The van der Waals surface area contributed by atoms with Crippen molar-refractivity contribution in [3.05, 3.63) is 0 Å². The smallest absolute Gasteiger partial charge is 0.0789 e.